The van der Waals surface area contributed by atoms with Crippen molar-refractivity contribution < 1.29 is 33.3 Å². The predicted molar refractivity (Wildman–Crippen MR) is 111 cm³/mol. The standard InChI is InChI=1S/C22H21F3N2O5.H2/c1-30-13-14-8-9-26(11-14)20(28)12-27-18-10-16(4-7-19(18)31-21(27)29)15-2-5-17(6-3-15)32-22(23,24)25;/h2-7,10,14H,8-9,11-13H2,1H3;1H/t14-;/m1./s1. The molecule has 2 aromatic carbocycles. The zero-order valence-electron chi connectivity index (χ0n) is 17.2. The van der Waals surface area contributed by atoms with Crippen molar-refractivity contribution in [1.29, 1.82) is 0 Å². The third kappa shape index (κ3) is 4.80. The molecule has 0 spiro atoms. The average molecular weight is 452 g/mol. The molecule has 0 N–H and O–H groups in total. The first-order valence-corrected chi connectivity index (χ1v) is 10.00. The van der Waals surface area contributed by atoms with Gasteiger partial charge in [-0.15, -0.1) is 13.2 Å². The molecule has 0 unspecified atom stereocenters. The molecule has 0 aliphatic carbocycles. The lowest BCUT2D eigenvalue weighted by atomic mass is 10.1. The first-order valence-electron chi connectivity index (χ1n) is 10.00. The Bertz CT molecular complexity index is 1170. The Morgan fingerprint density at radius 2 is 1.91 bits per heavy atom. The Hall–Kier alpha value is -3.27. The minimum Gasteiger partial charge on any atom is -0.408 e. The molecule has 1 aromatic heterocycles. The molecule has 0 bridgehead atoms. The topological polar surface area (TPSA) is 73.9 Å². The number of fused-ring (bicyclic) bond motifs is 1. The van der Waals surface area contributed by atoms with Crippen molar-refractivity contribution in [3.63, 3.8) is 0 Å². The molecule has 4 rings (SSSR count). The normalized spacial score (nSPS) is 16.6. The highest BCUT2D eigenvalue weighted by molar-refractivity contribution is 5.83. The van der Waals surface area contributed by atoms with Crippen molar-refractivity contribution in [3.05, 3.63) is 53.0 Å². The fraction of sp³-hybridized carbons (Fsp3) is 0.364. The van der Waals surface area contributed by atoms with E-state index in [9.17, 15) is 22.8 Å². The van der Waals surface area contributed by atoms with Gasteiger partial charge in [0.2, 0.25) is 5.91 Å². The molecule has 10 heteroatoms. The number of alkyl halides is 3. The van der Waals surface area contributed by atoms with E-state index < -0.39 is 12.1 Å². The van der Waals surface area contributed by atoms with Crippen LogP contribution in [0.4, 0.5) is 13.2 Å². The number of carbonyl (C=O) groups excluding carboxylic acids is 1. The summed E-state index contributed by atoms with van der Waals surface area (Å²) in [5, 5.41) is 0. The first-order chi connectivity index (χ1) is 15.2. The Morgan fingerprint density at radius 1 is 1.19 bits per heavy atom. The summed E-state index contributed by atoms with van der Waals surface area (Å²) in [5.41, 5.74) is 2.03. The van der Waals surface area contributed by atoms with Gasteiger partial charge in [-0.2, -0.15) is 0 Å². The van der Waals surface area contributed by atoms with Crippen molar-refractivity contribution >= 4 is 17.0 Å². The number of oxazole rings is 1. The number of amides is 1. The van der Waals surface area contributed by atoms with Crippen LogP contribution in [0.3, 0.4) is 0 Å². The van der Waals surface area contributed by atoms with Gasteiger partial charge >= 0.3 is 12.1 Å². The number of hydrogen-bond acceptors (Lipinski definition) is 5. The predicted octanol–water partition coefficient (Wildman–Crippen LogP) is 3.90. The van der Waals surface area contributed by atoms with E-state index in [1.54, 1.807) is 30.2 Å². The van der Waals surface area contributed by atoms with E-state index in [0.29, 0.717) is 41.9 Å². The van der Waals surface area contributed by atoms with Crippen LogP contribution in [-0.4, -0.2) is 48.5 Å². The van der Waals surface area contributed by atoms with E-state index in [4.69, 9.17) is 9.15 Å². The van der Waals surface area contributed by atoms with Gasteiger partial charge in [-0.3, -0.25) is 9.36 Å². The third-order valence-corrected chi connectivity index (χ3v) is 5.42. The van der Waals surface area contributed by atoms with Crippen LogP contribution in [-0.2, 0) is 16.1 Å². The summed E-state index contributed by atoms with van der Waals surface area (Å²) in [6.07, 6.45) is -3.92. The smallest absolute Gasteiger partial charge is 0.408 e. The fourth-order valence-electron chi connectivity index (χ4n) is 3.91. The number of methoxy groups -OCH3 is 1. The minimum atomic E-state index is -4.77. The van der Waals surface area contributed by atoms with Crippen molar-refractivity contribution in [1.82, 2.24) is 9.47 Å². The lowest BCUT2D eigenvalue weighted by Gasteiger charge is -2.16. The summed E-state index contributed by atoms with van der Waals surface area (Å²) in [4.78, 5) is 26.8. The van der Waals surface area contributed by atoms with Crippen LogP contribution >= 0.6 is 0 Å². The Kier molecular flexibility index (Phi) is 5.96. The van der Waals surface area contributed by atoms with Gasteiger partial charge in [0.05, 0.1) is 12.1 Å². The summed E-state index contributed by atoms with van der Waals surface area (Å²) >= 11 is 0. The number of benzene rings is 2. The van der Waals surface area contributed by atoms with Crippen LogP contribution in [0.1, 0.15) is 7.85 Å². The van der Waals surface area contributed by atoms with Crippen LogP contribution < -0.4 is 10.5 Å². The van der Waals surface area contributed by atoms with Crippen molar-refractivity contribution in [2.45, 2.75) is 19.3 Å². The van der Waals surface area contributed by atoms with E-state index >= 15 is 0 Å². The number of hydrogen-bond donors (Lipinski definition) is 0. The van der Waals surface area contributed by atoms with Crippen molar-refractivity contribution in [3.8, 4) is 16.9 Å². The van der Waals surface area contributed by atoms with Crippen molar-refractivity contribution in [2.75, 3.05) is 26.8 Å². The summed E-state index contributed by atoms with van der Waals surface area (Å²) in [7, 11) is 1.62. The van der Waals surface area contributed by atoms with Crippen LogP contribution in [0, 0.1) is 5.92 Å². The monoisotopic (exact) mass is 452 g/mol. The highest BCUT2D eigenvalue weighted by Crippen LogP contribution is 2.28. The molecule has 1 aliphatic rings. The number of nitrogens with zero attached hydrogens (tertiary/aromatic N) is 2. The molecule has 0 saturated carbocycles. The second-order valence-electron chi connectivity index (χ2n) is 7.66. The van der Waals surface area contributed by atoms with E-state index in [0.717, 1.165) is 6.42 Å². The molecule has 0 radical (unpaired) electrons. The summed E-state index contributed by atoms with van der Waals surface area (Å²) in [6.45, 7) is 1.60. The Morgan fingerprint density at radius 3 is 2.59 bits per heavy atom. The molecule has 1 fully saturated rings. The van der Waals surface area contributed by atoms with Crippen LogP contribution in [0.5, 0.6) is 5.75 Å². The number of aromatic nitrogens is 1. The van der Waals surface area contributed by atoms with Gasteiger partial charge < -0.3 is 18.8 Å². The van der Waals surface area contributed by atoms with Crippen LogP contribution in [0.15, 0.2) is 51.7 Å². The average Bonchev–Trinajstić information content (AvgIpc) is 3.32. The lowest BCUT2D eigenvalue weighted by molar-refractivity contribution is -0.274. The largest absolute Gasteiger partial charge is 0.573 e. The maximum absolute atomic E-state index is 12.7. The molecule has 1 amide bonds. The van der Waals surface area contributed by atoms with E-state index in [1.807, 2.05) is 0 Å². The van der Waals surface area contributed by atoms with Crippen molar-refractivity contribution in [2.24, 2.45) is 5.92 Å². The minimum absolute atomic E-state index is 0. The molecule has 1 saturated heterocycles. The van der Waals surface area contributed by atoms with Gasteiger partial charge in [-0.25, -0.2) is 4.79 Å². The second kappa shape index (κ2) is 8.70. The highest BCUT2D eigenvalue weighted by atomic mass is 19.4. The van der Waals surface area contributed by atoms with E-state index in [-0.39, 0.29) is 25.5 Å². The SMILES string of the molecule is COC[C@@H]1CCN(C(=O)Cn2c(=O)oc3ccc(-c4ccc(OC(F)(F)F)cc4)cc32)C1.[HH]. The van der Waals surface area contributed by atoms with Gasteiger partial charge in [-0.05, 0) is 41.8 Å². The number of rotatable bonds is 6. The van der Waals surface area contributed by atoms with Crippen LogP contribution in [0.25, 0.3) is 22.2 Å². The molecular formula is C22H23F3N2O5. The van der Waals surface area contributed by atoms with Gasteiger partial charge in [0.25, 0.3) is 0 Å². The summed E-state index contributed by atoms with van der Waals surface area (Å²) < 4.78 is 52.6. The maximum Gasteiger partial charge on any atom is 0.573 e. The van der Waals surface area contributed by atoms with Gasteiger partial charge in [-0.1, -0.05) is 18.2 Å². The van der Waals surface area contributed by atoms with Crippen LogP contribution in [0.2, 0.25) is 0 Å². The van der Waals surface area contributed by atoms with E-state index in [1.165, 1.54) is 28.8 Å². The number of carbonyl (C=O) groups is 1. The summed E-state index contributed by atoms with van der Waals surface area (Å²) in [6, 6.07) is 10.3. The zero-order chi connectivity index (χ0) is 22.9. The molecule has 7 nitrogen and oxygen atoms in total. The lowest BCUT2D eigenvalue weighted by Crippen LogP contribution is -2.34. The molecule has 2 heterocycles. The van der Waals surface area contributed by atoms with E-state index in [2.05, 4.69) is 4.74 Å². The first kappa shape index (κ1) is 21.9. The van der Waals surface area contributed by atoms with Gasteiger partial charge in [0, 0.05) is 27.5 Å². The second-order valence-corrected chi connectivity index (χ2v) is 7.66. The third-order valence-electron chi connectivity index (χ3n) is 5.42. The van der Waals surface area contributed by atoms with Gasteiger partial charge in [0.1, 0.15) is 12.3 Å². The molecule has 32 heavy (non-hydrogen) atoms. The number of halogens is 3. The Labute approximate surface area is 182 Å². The summed E-state index contributed by atoms with van der Waals surface area (Å²) in [5.74, 6) is -0.886. The maximum atomic E-state index is 12.7. The number of ether oxygens (including phenoxy) is 2. The zero-order valence-corrected chi connectivity index (χ0v) is 17.2. The molecule has 1 atom stereocenters. The molecule has 3 aromatic rings. The van der Waals surface area contributed by atoms with Gasteiger partial charge in [0.15, 0.2) is 5.58 Å². The number of likely N-dealkylation sites (tertiary alicyclic amines) is 1. The molecule has 1 aliphatic heterocycles. The highest BCUT2D eigenvalue weighted by Gasteiger charge is 2.31. The molecule has 172 valence electrons. The molecular weight excluding hydrogens is 429 g/mol. The quantitative estimate of drug-likeness (QED) is 0.567. The Balaban J connectivity index is 0.00000306. The fourth-order valence-corrected chi connectivity index (χ4v) is 3.91.